The lowest BCUT2D eigenvalue weighted by Crippen LogP contribution is -2.56. The van der Waals surface area contributed by atoms with Crippen LogP contribution in [0.2, 0.25) is 0 Å². The van der Waals surface area contributed by atoms with Crippen LogP contribution in [0.25, 0.3) is 0 Å². The first-order valence-electron chi connectivity index (χ1n) is 2.97. The second-order valence-electron chi connectivity index (χ2n) is 2.45. The third kappa shape index (κ3) is 0.816. The summed E-state index contributed by atoms with van der Waals surface area (Å²) in [6, 6.07) is 0. The van der Waals surface area contributed by atoms with Gasteiger partial charge >= 0.3 is 5.97 Å². The minimum Gasteiger partial charge on any atom is -0.456 e. The van der Waals surface area contributed by atoms with Gasteiger partial charge in [0.25, 0.3) is 0 Å². The summed E-state index contributed by atoms with van der Waals surface area (Å²) in [5, 5.41) is -0.428. The Morgan fingerprint density at radius 3 is 2.56 bits per heavy atom. The Morgan fingerprint density at radius 2 is 2.44 bits per heavy atom. The van der Waals surface area contributed by atoms with E-state index < -0.39 is 11.0 Å². The maximum absolute atomic E-state index is 10.5. The lowest BCUT2D eigenvalue weighted by molar-refractivity contribution is -0.186. The van der Waals surface area contributed by atoms with Crippen molar-refractivity contribution in [2.45, 2.75) is 31.2 Å². The van der Waals surface area contributed by atoms with E-state index in [9.17, 15) is 4.79 Å². The molecule has 1 aliphatic heterocycles. The van der Waals surface area contributed by atoms with E-state index in [1.54, 1.807) is 0 Å². The van der Waals surface area contributed by atoms with Crippen LogP contribution in [-0.4, -0.2) is 16.9 Å². The highest BCUT2D eigenvalue weighted by atomic mass is 35.5. The number of rotatable bonds is 1. The molecule has 3 heteroatoms. The molecule has 1 heterocycles. The van der Waals surface area contributed by atoms with Gasteiger partial charge in [0.15, 0.2) is 5.38 Å². The zero-order valence-corrected chi connectivity index (χ0v) is 6.23. The maximum Gasteiger partial charge on any atom is 0.328 e. The molecule has 0 radical (unpaired) electrons. The van der Waals surface area contributed by atoms with Crippen LogP contribution < -0.4 is 0 Å². The average molecular weight is 149 g/mol. The van der Waals surface area contributed by atoms with Crippen molar-refractivity contribution in [2.24, 2.45) is 0 Å². The average Bonchev–Trinajstić information content (AvgIpc) is 1.87. The van der Waals surface area contributed by atoms with Gasteiger partial charge in [-0.25, -0.2) is 0 Å². The molecule has 0 aromatic heterocycles. The van der Waals surface area contributed by atoms with Crippen molar-refractivity contribution in [1.29, 1.82) is 0 Å². The van der Waals surface area contributed by atoms with E-state index in [0.717, 1.165) is 6.42 Å². The van der Waals surface area contributed by atoms with Crippen LogP contribution in [0.3, 0.4) is 0 Å². The molecule has 0 aliphatic carbocycles. The molecule has 0 unspecified atom stereocenters. The summed E-state index contributed by atoms with van der Waals surface area (Å²) < 4.78 is 4.82. The van der Waals surface area contributed by atoms with Crippen LogP contribution in [0.15, 0.2) is 0 Å². The number of hydrogen-bond acceptors (Lipinski definition) is 2. The summed E-state index contributed by atoms with van der Waals surface area (Å²) in [7, 11) is 0. The van der Waals surface area contributed by atoms with Crippen LogP contribution in [0.1, 0.15) is 20.3 Å². The fraction of sp³-hybridized carbons (Fsp3) is 0.833. The highest BCUT2D eigenvalue weighted by Crippen LogP contribution is 2.34. The van der Waals surface area contributed by atoms with Gasteiger partial charge in [0.05, 0.1) is 0 Å². The van der Waals surface area contributed by atoms with Crippen molar-refractivity contribution >= 4 is 17.6 Å². The molecule has 1 saturated heterocycles. The Labute approximate surface area is 59.1 Å². The topological polar surface area (TPSA) is 26.3 Å². The first-order valence-corrected chi connectivity index (χ1v) is 3.41. The van der Waals surface area contributed by atoms with Crippen molar-refractivity contribution < 1.29 is 9.53 Å². The largest absolute Gasteiger partial charge is 0.456 e. The summed E-state index contributed by atoms with van der Waals surface area (Å²) >= 11 is 5.63. The van der Waals surface area contributed by atoms with Crippen molar-refractivity contribution in [3.63, 3.8) is 0 Å². The number of carbonyl (C=O) groups excluding carboxylic acids is 1. The normalized spacial score (nSPS) is 41.7. The van der Waals surface area contributed by atoms with E-state index in [1.807, 2.05) is 13.8 Å². The molecule has 0 aromatic carbocycles. The first kappa shape index (κ1) is 6.87. The Bertz CT molecular complexity index is 146. The predicted octanol–water partition coefficient (Wildman–Crippen LogP) is 1.32. The van der Waals surface area contributed by atoms with Crippen molar-refractivity contribution in [3.8, 4) is 0 Å². The lowest BCUT2D eigenvalue weighted by Gasteiger charge is -2.40. The highest BCUT2D eigenvalue weighted by Gasteiger charge is 2.50. The monoisotopic (exact) mass is 148 g/mol. The minimum atomic E-state index is -0.428. The number of carbonyl (C=O) groups is 1. The van der Waals surface area contributed by atoms with Gasteiger partial charge in [-0.15, -0.1) is 11.6 Å². The number of cyclic esters (lactones) is 1. The third-order valence-corrected chi connectivity index (χ3v) is 2.42. The summed E-state index contributed by atoms with van der Waals surface area (Å²) in [5.41, 5.74) is -0.390. The fourth-order valence-corrected chi connectivity index (χ4v) is 1.02. The van der Waals surface area contributed by atoms with E-state index in [1.165, 1.54) is 0 Å². The lowest BCUT2D eigenvalue weighted by atomic mass is 9.93. The van der Waals surface area contributed by atoms with E-state index in [0.29, 0.717) is 0 Å². The third-order valence-electron chi connectivity index (χ3n) is 1.78. The molecule has 0 aromatic rings. The number of esters is 1. The summed E-state index contributed by atoms with van der Waals surface area (Å²) in [6.45, 7) is 3.79. The molecule has 2 nitrogen and oxygen atoms in total. The number of alkyl halides is 1. The molecule has 52 valence electrons. The SMILES string of the molecule is CC[C@@]1(C)OC(=O)[C@@H]1Cl. The molecule has 2 atom stereocenters. The Balaban J connectivity index is 2.58. The first-order chi connectivity index (χ1) is 4.10. The summed E-state index contributed by atoms with van der Waals surface area (Å²) in [5.74, 6) is -0.291. The van der Waals surface area contributed by atoms with Crippen LogP contribution in [0.4, 0.5) is 0 Å². The van der Waals surface area contributed by atoms with Gasteiger partial charge in [-0.2, -0.15) is 0 Å². The van der Waals surface area contributed by atoms with Crippen molar-refractivity contribution in [1.82, 2.24) is 0 Å². The van der Waals surface area contributed by atoms with Gasteiger partial charge in [-0.3, -0.25) is 4.79 Å². The standard InChI is InChI=1S/C6H9ClO2/c1-3-6(2)4(7)5(8)9-6/h4H,3H2,1-2H3/t4-,6+/m0/s1. The number of ether oxygens (including phenoxy) is 1. The van der Waals surface area contributed by atoms with Crippen LogP contribution in [-0.2, 0) is 9.53 Å². The molecule has 1 fully saturated rings. The van der Waals surface area contributed by atoms with E-state index in [4.69, 9.17) is 16.3 Å². The molecular weight excluding hydrogens is 140 g/mol. The number of hydrogen-bond donors (Lipinski definition) is 0. The quantitative estimate of drug-likeness (QED) is 0.414. The van der Waals surface area contributed by atoms with Crippen molar-refractivity contribution in [3.05, 3.63) is 0 Å². The smallest absolute Gasteiger partial charge is 0.328 e. The van der Waals surface area contributed by atoms with Crippen LogP contribution in [0.5, 0.6) is 0 Å². The zero-order valence-electron chi connectivity index (χ0n) is 5.48. The Hall–Kier alpha value is -0.240. The summed E-state index contributed by atoms with van der Waals surface area (Å²) in [4.78, 5) is 10.5. The van der Waals surface area contributed by atoms with Gasteiger partial charge < -0.3 is 4.74 Å². The minimum absolute atomic E-state index is 0.291. The van der Waals surface area contributed by atoms with E-state index >= 15 is 0 Å². The van der Waals surface area contributed by atoms with Gasteiger partial charge in [-0.05, 0) is 13.3 Å². The molecule has 0 spiro atoms. The molecule has 1 aliphatic rings. The highest BCUT2D eigenvalue weighted by molar-refractivity contribution is 6.32. The molecule has 9 heavy (non-hydrogen) atoms. The van der Waals surface area contributed by atoms with Gasteiger partial charge in [0.2, 0.25) is 0 Å². The van der Waals surface area contributed by atoms with Crippen molar-refractivity contribution in [2.75, 3.05) is 0 Å². The van der Waals surface area contributed by atoms with Crippen LogP contribution >= 0.6 is 11.6 Å². The van der Waals surface area contributed by atoms with Gasteiger partial charge in [0.1, 0.15) is 5.60 Å². The second-order valence-corrected chi connectivity index (χ2v) is 2.89. The Kier molecular flexibility index (Phi) is 1.43. The molecule has 0 N–H and O–H groups in total. The molecule has 0 bridgehead atoms. The second kappa shape index (κ2) is 1.87. The Morgan fingerprint density at radius 1 is 1.89 bits per heavy atom. The fourth-order valence-electron chi connectivity index (χ4n) is 0.776. The molecule has 1 rings (SSSR count). The van der Waals surface area contributed by atoms with E-state index in [2.05, 4.69) is 0 Å². The van der Waals surface area contributed by atoms with Crippen LogP contribution in [0, 0.1) is 0 Å². The number of halogens is 1. The summed E-state index contributed by atoms with van der Waals surface area (Å²) in [6.07, 6.45) is 0.785. The molecular formula is C6H9ClO2. The zero-order chi connectivity index (χ0) is 7.07. The molecule has 0 amide bonds. The maximum atomic E-state index is 10.5. The van der Waals surface area contributed by atoms with E-state index in [-0.39, 0.29) is 5.97 Å². The predicted molar refractivity (Wildman–Crippen MR) is 34.4 cm³/mol. The van der Waals surface area contributed by atoms with Gasteiger partial charge in [0, 0.05) is 0 Å². The van der Waals surface area contributed by atoms with Gasteiger partial charge in [-0.1, -0.05) is 6.92 Å². The molecule has 0 saturated carbocycles.